The van der Waals surface area contributed by atoms with Crippen LogP contribution in [0.4, 0.5) is 4.79 Å². The maximum Gasteiger partial charge on any atom is 0.315 e. The van der Waals surface area contributed by atoms with E-state index in [9.17, 15) is 9.90 Å². The number of carbonyl (C=O) groups is 1. The van der Waals surface area contributed by atoms with E-state index in [1.165, 1.54) is 4.70 Å². The number of urea groups is 1. The first-order valence-electron chi connectivity index (χ1n) is 14.7. The molecule has 1 saturated heterocycles. The summed E-state index contributed by atoms with van der Waals surface area (Å²) in [4.78, 5) is 17.1. The highest BCUT2D eigenvalue weighted by atomic mass is 32.2. The summed E-state index contributed by atoms with van der Waals surface area (Å²) >= 11 is 3.42. The van der Waals surface area contributed by atoms with E-state index in [-0.39, 0.29) is 30.8 Å². The molecule has 1 aliphatic heterocycles. The van der Waals surface area contributed by atoms with Crippen molar-refractivity contribution in [2.24, 2.45) is 5.92 Å². The van der Waals surface area contributed by atoms with Gasteiger partial charge in [-0.1, -0.05) is 110 Å². The van der Waals surface area contributed by atoms with E-state index in [2.05, 4.69) is 23.6 Å². The minimum absolute atomic E-state index is 0.00438. The highest BCUT2D eigenvalue weighted by molar-refractivity contribution is 8.01. The van der Waals surface area contributed by atoms with Crippen LogP contribution in [-0.4, -0.2) is 28.0 Å². The summed E-state index contributed by atoms with van der Waals surface area (Å²) in [7, 11) is 0. The van der Waals surface area contributed by atoms with Crippen molar-refractivity contribution < 1.29 is 19.4 Å². The third kappa shape index (κ3) is 7.49. The minimum atomic E-state index is -0.550. The molecule has 44 heavy (non-hydrogen) atoms. The average Bonchev–Trinajstić information content (AvgIpc) is 3.50. The molecule has 9 heteroatoms. The summed E-state index contributed by atoms with van der Waals surface area (Å²) in [6.07, 6.45) is -0.814. The molecule has 0 aliphatic carbocycles. The zero-order valence-corrected chi connectivity index (χ0v) is 26.0. The number of thioether (sulfide) groups is 1. The number of hydrogen-bond acceptors (Lipinski definition) is 7. The van der Waals surface area contributed by atoms with Crippen LogP contribution in [0.3, 0.4) is 0 Å². The maximum atomic E-state index is 12.3. The van der Waals surface area contributed by atoms with Gasteiger partial charge in [0.2, 0.25) is 0 Å². The van der Waals surface area contributed by atoms with Gasteiger partial charge in [0.25, 0.3) is 0 Å². The molecule has 5 aromatic rings. The summed E-state index contributed by atoms with van der Waals surface area (Å²) in [5.74, 6) is 0.831. The van der Waals surface area contributed by atoms with Crippen molar-refractivity contribution in [2.75, 3.05) is 5.75 Å². The number of nitrogens with one attached hydrogen (secondary N) is 2. The Bertz CT molecular complexity index is 1630. The van der Waals surface area contributed by atoms with Crippen LogP contribution in [0.5, 0.6) is 0 Å². The molecule has 2 amide bonds. The van der Waals surface area contributed by atoms with Crippen LogP contribution in [0, 0.1) is 5.92 Å². The van der Waals surface area contributed by atoms with Gasteiger partial charge in [-0.2, -0.15) is 0 Å². The molecule has 2 heterocycles. The topological polar surface area (TPSA) is 92.7 Å². The Morgan fingerprint density at radius 1 is 0.818 bits per heavy atom. The van der Waals surface area contributed by atoms with Crippen LogP contribution in [0.2, 0.25) is 0 Å². The van der Waals surface area contributed by atoms with Gasteiger partial charge < -0.3 is 25.2 Å². The first-order valence-corrected chi connectivity index (χ1v) is 16.5. The molecule has 7 nitrogen and oxygen atoms in total. The Hall–Kier alpha value is -3.73. The zero-order valence-electron chi connectivity index (χ0n) is 24.4. The van der Waals surface area contributed by atoms with E-state index >= 15 is 0 Å². The number of thiazole rings is 1. The second-order valence-electron chi connectivity index (χ2n) is 10.8. The number of aromatic nitrogens is 1. The van der Waals surface area contributed by atoms with Crippen molar-refractivity contribution in [1.82, 2.24) is 15.6 Å². The average molecular weight is 626 g/mol. The minimum Gasteiger partial charge on any atom is -0.392 e. The van der Waals surface area contributed by atoms with E-state index in [0.717, 1.165) is 43.4 Å². The number of hydrogen-bond donors (Lipinski definition) is 3. The fourth-order valence-corrected chi connectivity index (χ4v) is 7.45. The molecular formula is C35H35N3O4S2. The van der Waals surface area contributed by atoms with Gasteiger partial charge in [0.15, 0.2) is 10.6 Å². The van der Waals surface area contributed by atoms with Gasteiger partial charge in [0.05, 0.1) is 29.0 Å². The first kappa shape index (κ1) is 30.3. The number of carbonyl (C=O) groups excluding carboxylic acids is 1. The molecule has 4 atom stereocenters. The molecule has 1 fully saturated rings. The predicted molar refractivity (Wildman–Crippen MR) is 175 cm³/mol. The van der Waals surface area contributed by atoms with Crippen LogP contribution in [-0.2, 0) is 29.2 Å². The summed E-state index contributed by atoms with van der Waals surface area (Å²) < 4.78 is 15.4. The van der Waals surface area contributed by atoms with Crippen molar-refractivity contribution in [3.8, 4) is 0 Å². The van der Waals surface area contributed by atoms with Crippen LogP contribution < -0.4 is 10.6 Å². The van der Waals surface area contributed by atoms with Crippen molar-refractivity contribution in [2.45, 2.75) is 49.5 Å². The van der Waals surface area contributed by atoms with E-state index < -0.39 is 6.29 Å². The number of aliphatic hydroxyl groups is 1. The number of rotatable bonds is 10. The fourth-order valence-electron chi connectivity index (χ4n) is 5.19. The Morgan fingerprint density at radius 3 is 2.16 bits per heavy atom. The summed E-state index contributed by atoms with van der Waals surface area (Å²) in [5.41, 5.74) is 5.89. The molecule has 0 bridgehead atoms. The Labute approximate surface area is 265 Å². The van der Waals surface area contributed by atoms with Crippen LogP contribution in [0.1, 0.15) is 47.1 Å². The Balaban J connectivity index is 1.12. The molecule has 6 rings (SSSR count). The van der Waals surface area contributed by atoms with E-state index in [1.54, 1.807) is 23.1 Å². The van der Waals surface area contributed by atoms with Crippen LogP contribution in [0.15, 0.2) is 107 Å². The second-order valence-corrected chi connectivity index (χ2v) is 13.1. The number of benzene rings is 4. The molecular weight excluding hydrogens is 591 g/mol. The highest BCUT2D eigenvalue weighted by Crippen LogP contribution is 2.43. The van der Waals surface area contributed by atoms with E-state index in [0.29, 0.717) is 13.1 Å². The monoisotopic (exact) mass is 625 g/mol. The first-order chi connectivity index (χ1) is 21.6. The molecule has 3 N–H and O–H groups in total. The summed E-state index contributed by atoms with van der Waals surface area (Å²) in [6, 6.07) is 33.8. The Kier molecular flexibility index (Phi) is 9.89. The normalized spacial score (nSPS) is 20.0. The van der Waals surface area contributed by atoms with E-state index in [4.69, 9.17) is 14.5 Å². The number of para-hydroxylation sites is 1. The molecule has 226 valence electrons. The molecule has 1 aliphatic rings. The molecule has 1 aromatic heterocycles. The summed E-state index contributed by atoms with van der Waals surface area (Å²) in [5, 5.41) is 15.3. The second kappa shape index (κ2) is 14.4. The van der Waals surface area contributed by atoms with Gasteiger partial charge in [-0.3, -0.25) is 0 Å². The maximum absolute atomic E-state index is 12.3. The fraction of sp³-hybridized carbons (Fsp3) is 0.257. The molecule has 4 aromatic carbocycles. The predicted octanol–water partition coefficient (Wildman–Crippen LogP) is 7.37. The number of fused-ring (bicyclic) bond motifs is 1. The highest BCUT2D eigenvalue weighted by Gasteiger charge is 2.38. The van der Waals surface area contributed by atoms with Gasteiger partial charge >= 0.3 is 6.03 Å². The number of ether oxygens (including phenoxy) is 2. The van der Waals surface area contributed by atoms with Gasteiger partial charge in [0.1, 0.15) is 0 Å². The lowest BCUT2D eigenvalue weighted by Gasteiger charge is -2.41. The van der Waals surface area contributed by atoms with Gasteiger partial charge in [-0.25, -0.2) is 9.78 Å². The van der Waals surface area contributed by atoms with Crippen molar-refractivity contribution in [3.63, 3.8) is 0 Å². The smallest absolute Gasteiger partial charge is 0.315 e. The quantitative estimate of drug-likeness (QED) is 0.140. The third-order valence-electron chi connectivity index (χ3n) is 7.77. The van der Waals surface area contributed by atoms with Crippen molar-refractivity contribution in [3.05, 3.63) is 131 Å². The number of amides is 2. The molecule has 0 unspecified atom stereocenters. The lowest BCUT2D eigenvalue weighted by atomic mass is 9.91. The number of nitrogens with zero attached hydrogens (tertiary/aromatic N) is 1. The standard InChI is InChI=1S/C35H35N3O4S2/c1-23-30(22-43-35-38-29-9-5-6-10-31(29)44-35)41-33(42-32(23)27-15-13-26(21-39)14-16-27)28-17-11-25(12-18-28)20-37-34(40)36-19-24-7-3-2-4-8-24/h2-18,23,30,32-33,39H,19-22H2,1H3,(H2,36,37,40)/t23-,30+,32+,33+/m0/s1. The molecule has 0 radical (unpaired) electrons. The third-order valence-corrected chi connectivity index (χ3v) is 10.0. The van der Waals surface area contributed by atoms with Crippen LogP contribution in [0.25, 0.3) is 10.2 Å². The van der Waals surface area contributed by atoms with Gasteiger partial charge in [-0.15, -0.1) is 11.3 Å². The lowest BCUT2D eigenvalue weighted by molar-refractivity contribution is -0.268. The molecule has 0 spiro atoms. The van der Waals surface area contributed by atoms with Gasteiger partial charge in [-0.05, 0) is 34.4 Å². The SMILES string of the molecule is C[C@H]1[C@@H](CSc2nc3ccccc3s2)O[C@@H](c2ccc(CNC(=O)NCc3ccccc3)cc2)O[C@H]1c1ccc(CO)cc1. The number of aliphatic hydroxyl groups excluding tert-OH is 1. The largest absolute Gasteiger partial charge is 0.392 e. The van der Waals surface area contributed by atoms with E-state index in [1.807, 2.05) is 97.1 Å². The van der Waals surface area contributed by atoms with Crippen molar-refractivity contribution in [1.29, 1.82) is 0 Å². The molecule has 0 saturated carbocycles. The van der Waals surface area contributed by atoms with Crippen molar-refractivity contribution >= 4 is 39.3 Å². The lowest BCUT2D eigenvalue weighted by Crippen LogP contribution is -2.38. The zero-order chi connectivity index (χ0) is 30.3. The Morgan fingerprint density at radius 2 is 1.45 bits per heavy atom. The van der Waals surface area contributed by atoms with Gasteiger partial charge in [0, 0.05) is 30.3 Å². The van der Waals surface area contributed by atoms with Crippen LogP contribution >= 0.6 is 23.1 Å². The summed E-state index contributed by atoms with van der Waals surface area (Å²) in [6.45, 7) is 3.06.